The van der Waals surface area contributed by atoms with Crippen LogP contribution in [0, 0.1) is 0 Å². The normalized spacial score (nSPS) is 12.4. The minimum Gasteiger partial charge on any atom is -0.329 e. The lowest BCUT2D eigenvalue weighted by Gasteiger charge is -2.10. The van der Waals surface area contributed by atoms with Crippen LogP contribution in [0.1, 0.15) is 11.6 Å². The predicted octanol–water partition coefficient (Wildman–Crippen LogP) is 1.71. The van der Waals surface area contributed by atoms with Gasteiger partial charge < -0.3 is 11.5 Å². The van der Waals surface area contributed by atoms with Gasteiger partial charge in [-0.05, 0) is 23.8 Å². The van der Waals surface area contributed by atoms with Gasteiger partial charge in [0.1, 0.15) is 0 Å². The maximum atomic E-state index is 5.90. The Morgan fingerprint density at radius 1 is 1.12 bits per heavy atom. The van der Waals surface area contributed by atoms with E-state index in [0.29, 0.717) is 6.54 Å². The molecule has 0 saturated heterocycles. The molecule has 1 heterocycles. The van der Waals surface area contributed by atoms with Crippen LogP contribution in [-0.4, -0.2) is 11.5 Å². The third-order valence-electron chi connectivity index (χ3n) is 2.53. The topological polar surface area (TPSA) is 64.9 Å². The van der Waals surface area contributed by atoms with Crippen molar-refractivity contribution in [2.45, 2.75) is 6.04 Å². The fourth-order valence-corrected chi connectivity index (χ4v) is 1.60. The standard InChI is InChI=1S/C13H15N3/c14-9-12(15)10-4-3-5-11(8-10)13-6-1-2-7-16-13/h1-8,12H,9,14-15H2/t12-/m0/s1. The molecule has 1 aromatic carbocycles. The highest BCUT2D eigenvalue weighted by Crippen LogP contribution is 2.20. The lowest BCUT2D eigenvalue weighted by atomic mass is 10.0. The number of benzene rings is 1. The summed E-state index contributed by atoms with van der Waals surface area (Å²) in [6.07, 6.45) is 1.78. The van der Waals surface area contributed by atoms with Crippen LogP contribution in [-0.2, 0) is 0 Å². The molecule has 0 amide bonds. The molecule has 0 fully saturated rings. The molecule has 3 heteroatoms. The highest BCUT2D eigenvalue weighted by molar-refractivity contribution is 5.59. The Kier molecular flexibility index (Phi) is 3.29. The van der Waals surface area contributed by atoms with Crippen molar-refractivity contribution in [3.05, 3.63) is 54.2 Å². The second-order valence-corrected chi connectivity index (χ2v) is 3.68. The third kappa shape index (κ3) is 2.27. The number of hydrogen-bond donors (Lipinski definition) is 2. The zero-order chi connectivity index (χ0) is 11.4. The molecule has 4 N–H and O–H groups in total. The Bertz CT molecular complexity index is 454. The summed E-state index contributed by atoms with van der Waals surface area (Å²) in [7, 11) is 0. The molecular formula is C13H15N3. The lowest BCUT2D eigenvalue weighted by molar-refractivity contribution is 0.737. The van der Waals surface area contributed by atoms with E-state index in [1.807, 2.05) is 42.5 Å². The Balaban J connectivity index is 2.36. The van der Waals surface area contributed by atoms with E-state index in [4.69, 9.17) is 11.5 Å². The first-order valence-corrected chi connectivity index (χ1v) is 5.28. The van der Waals surface area contributed by atoms with Crippen molar-refractivity contribution in [2.24, 2.45) is 11.5 Å². The summed E-state index contributed by atoms with van der Waals surface area (Å²) in [4.78, 5) is 4.30. The summed E-state index contributed by atoms with van der Waals surface area (Å²) in [6.45, 7) is 0.450. The van der Waals surface area contributed by atoms with E-state index in [1.165, 1.54) is 0 Å². The number of hydrogen-bond acceptors (Lipinski definition) is 3. The average molecular weight is 213 g/mol. The largest absolute Gasteiger partial charge is 0.329 e. The zero-order valence-electron chi connectivity index (χ0n) is 9.01. The van der Waals surface area contributed by atoms with E-state index < -0.39 is 0 Å². The van der Waals surface area contributed by atoms with Crippen molar-refractivity contribution >= 4 is 0 Å². The molecule has 0 bridgehead atoms. The fourth-order valence-electron chi connectivity index (χ4n) is 1.60. The van der Waals surface area contributed by atoms with Crippen LogP contribution in [0.25, 0.3) is 11.3 Å². The molecule has 1 aromatic heterocycles. The van der Waals surface area contributed by atoms with Crippen LogP contribution < -0.4 is 11.5 Å². The molecule has 2 rings (SSSR count). The van der Waals surface area contributed by atoms with Gasteiger partial charge in [-0.3, -0.25) is 4.98 Å². The maximum absolute atomic E-state index is 5.90. The lowest BCUT2D eigenvalue weighted by Crippen LogP contribution is -2.20. The number of pyridine rings is 1. The Morgan fingerprint density at radius 2 is 2.00 bits per heavy atom. The summed E-state index contributed by atoms with van der Waals surface area (Å²) in [5.74, 6) is 0. The highest BCUT2D eigenvalue weighted by atomic mass is 14.7. The first-order chi connectivity index (χ1) is 7.81. The summed E-state index contributed by atoms with van der Waals surface area (Å²) in [6, 6.07) is 13.8. The third-order valence-corrected chi connectivity index (χ3v) is 2.53. The fraction of sp³-hybridized carbons (Fsp3) is 0.154. The van der Waals surface area contributed by atoms with Gasteiger partial charge in [0.2, 0.25) is 0 Å². The van der Waals surface area contributed by atoms with E-state index >= 15 is 0 Å². The van der Waals surface area contributed by atoms with E-state index in [9.17, 15) is 0 Å². The van der Waals surface area contributed by atoms with Crippen LogP contribution >= 0.6 is 0 Å². The molecule has 0 saturated carbocycles. The Labute approximate surface area is 95.1 Å². The van der Waals surface area contributed by atoms with Crippen molar-refractivity contribution < 1.29 is 0 Å². The van der Waals surface area contributed by atoms with Crippen molar-refractivity contribution in [2.75, 3.05) is 6.54 Å². The van der Waals surface area contributed by atoms with E-state index in [2.05, 4.69) is 4.98 Å². The van der Waals surface area contributed by atoms with Crippen LogP contribution in [0.5, 0.6) is 0 Å². The van der Waals surface area contributed by atoms with E-state index in [1.54, 1.807) is 6.20 Å². The Hall–Kier alpha value is -1.71. The first kappa shape index (κ1) is 10.8. The van der Waals surface area contributed by atoms with Gasteiger partial charge in [0.05, 0.1) is 5.69 Å². The molecule has 0 unspecified atom stereocenters. The Morgan fingerprint density at radius 3 is 2.69 bits per heavy atom. The smallest absolute Gasteiger partial charge is 0.0702 e. The maximum Gasteiger partial charge on any atom is 0.0702 e. The minimum atomic E-state index is -0.108. The zero-order valence-corrected chi connectivity index (χ0v) is 9.01. The molecule has 16 heavy (non-hydrogen) atoms. The summed E-state index contributed by atoms with van der Waals surface area (Å²) in [5, 5.41) is 0. The molecule has 0 aliphatic heterocycles. The van der Waals surface area contributed by atoms with Crippen molar-refractivity contribution in [3.8, 4) is 11.3 Å². The van der Waals surface area contributed by atoms with Gasteiger partial charge in [-0.1, -0.05) is 24.3 Å². The van der Waals surface area contributed by atoms with Crippen molar-refractivity contribution in [1.29, 1.82) is 0 Å². The number of rotatable bonds is 3. The second-order valence-electron chi connectivity index (χ2n) is 3.68. The van der Waals surface area contributed by atoms with Gasteiger partial charge in [-0.15, -0.1) is 0 Å². The molecule has 82 valence electrons. The van der Waals surface area contributed by atoms with Gasteiger partial charge in [-0.2, -0.15) is 0 Å². The predicted molar refractivity (Wildman–Crippen MR) is 65.7 cm³/mol. The highest BCUT2D eigenvalue weighted by Gasteiger charge is 2.05. The van der Waals surface area contributed by atoms with Gasteiger partial charge in [-0.25, -0.2) is 0 Å². The van der Waals surface area contributed by atoms with E-state index in [0.717, 1.165) is 16.8 Å². The summed E-state index contributed by atoms with van der Waals surface area (Å²) in [5.41, 5.74) is 14.5. The molecule has 1 atom stereocenters. The molecule has 0 spiro atoms. The van der Waals surface area contributed by atoms with Crippen LogP contribution in [0.2, 0.25) is 0 Å². The molecular weight excluding hydrogens is 198 g/mol. The van der Waals surface area contributed by atoms with Gasteiger partial charge in [0.25, 0.3) is 0 Å². The average Bonchev–Trinajstić information content (AvgIpc) is 2.39. The quantitative estimate of drug-likeness (QED) is 0.815. The number of aromatic nitrogens is 1. The molecule has 0 aliphatic rings. The van der Waals surface area contributed by atoms with Gasteiger partial charge in [0, 0.05) is 24.3 Å². The molecule has 0 radical (unpaired) electrons. The summed E-state index contributed by atoms with van der Waals surface area (Å²) >= 11 is 0. The first-order valence-electron chi connectivity index (χ1n) is 5.28. The second kappa shape index (κ2) is 4.88. The molecule has 2 aromatic rings. The van der Waals surface area contributed by atoms with Crippen LogP contribution in [0.15, 0.2) is 48.7 Å². The SMILES string of the molecule is NC[C@H](N)c1cccc(-c2ccccn2)c1. The summed E-state index contributed by atoms with van der Waals surface area (Å²) < 4.78 is 0. The van der Waals surface area contributed by atoms with E-state index in [-0.39, 0.29) is 6.04 Å². The minimum absolute atomic E-state index is 0.108. The molecule has 0 aliphatic carbocycles. The van der Waals surface area contributed by atoms with Gasteiger partial charge in [0.15, 0.2) is 0 Å². The van der Waals surface area contributed by atoms with Gasteiger partial charge >= 0.3 is 0 Å². The number of nitrogens with zero attached hydrogens (tertiary/aromatic N) is 1. The van der Waals surface area contributed by atoms with Crippen LogP contribution in [0.3, 0.4) is 0 Å². The van der Waals surface area contributed by atoms with Crippen LogP contribution in [0.4, 0.5) is 0 Å². The number of nitrogens with two attached hydrogens (primary N) is 2. The van der Waals surface area contributed by atoms with Crippen molar-refractivity contribution in [3.63, 3.8) is 0 Å². The molecule has 3 nitrogen and oxygen atoms in total. The monoisotopic (exact) mass is 213 g/mol. The van der Waals surface area contributed by atoms with Crippen molar-refractivity contribution in [1.82, 2.24) is 4.98 Å².